The lowest BCUT2D eigenvalue weighted by molar-refractivity contribution is -0.212. The molecule has 1 unspecified atom stereocenters. The molecule has 0 saturated carbocycles. The third kappa shape index (κ3) is 14.2. The summed E-state index contributed by atoms with van der Waals surface area (Å²) in [6.07, 6.45) is -7.47. The zero-order valence-corrected chi connectivity index (χ0v) is 16.2. The second-order valence-electron chi connectivity index (χ2n) is 6.36. The van der Waals surface area contributed by atoms with Crippen molar-refractivity contribution in [1.29, 1.82) is 0 Å². The predicted octanol–water partition coefficient (Wildman–Crippen LogP) is 3.52. The van der Waals surface area contributed by atoms with Gasteiger partial charge in [-0.2, -0.15) is 26.3 Å². The molecule has 0 fully saturated rings. The Morgan fingerprint density at radius 1 is 0.710 bits per heavy atom. The third-order valence-corrected chi connectivity index (χ3v) is 3.80. The average molecular weight is 468 g/mol. The number of ether oxygens (including phenoxy) is 3. The molecular weight excluding hydrogens is 446 g/mol. The fraction of sp³-hybridized carbons (Fsp3) is 0.765. The second-order valence-corrected chi connectivity index (χ2v) is 6.36. The van der Waals surface area contributed by atoms with E-state index >= 15 is 0 Å². The molecule has 0 aromatic heterocycles. The highest BCUT2D eigenvalue weighted by molar-refractivity contribution is 5.77. The average Bonchev–Trinajstić information content (AvgIpc) is 2.63. The maximum absolute atomic E-state index is 12.2. The predicted molar refractivity (Wildman–Crippen MR) is 88.2 cm³/mol. The van der Waals surface area contributed by atoms with Crippen molar-refractivity contribution in [1.82, 2.24) is 0 Å². The van der Waals surface area contributed by atoms with E-state index in [4.69, 9.17) is 5.11 Å². The van der Waals surface area contributed by atoms with Crippen molar-refractivity contribution >= 4 is 23.9 Å². The van der Waals surface area contributed by atoms with Crippen molar-refractivity contribution in [2.24, 2.45) is 5.92 Å². The number of aliphatic carboxylic acids is 1. The van der Waals surface area contributed by atoms with Gasteiger partial charge in [-0.25, -0.2) is 9.59 Å². The molecule has 0 aliphatic heterocycles. The van der Waals surface area contributed by atoms with Crippen molar-refractivity contribution in [2.75, 3.05) is 13.4 Å². The van der Waals surface area contributed by atoms with Gasteiger partial charge in [-0.15, -0.1) is 0 Å². The minimum Gasteiger partial charge on any atom is -0.481 e. The number of carboxylic acid groups (broad SMARTS) is 1. The number of alkyl halides is 6. The fourth-order valence-electron chi connectivity index (χ4n) is 2.24. The number of carbonyl (C=O) groups is 4. The minimum atomic E-state index is -5.32. The van der Waals surface area contributed by atoms with Gasteiger partial charge < -0.3 is 19.3 Å². The maximum Gasteiger partial charge on any atom is 0.491 e. The van der Waals surface area contributed by atoms with E-state index in [0.29, 0.717) is 32.1 Å². The smallest absolute Gasteiger partial charge is 0.481 e. The van der Waals surface area contributed by atoms with Gasteiger partial charge in [0.1, 0.15) is 6.61 Å². The summed E-state index contributed by atoms with van der Waals surface area (Å²) in [4.78, 5) is 43.6. The monoisotopic (exact) mass is 468 g/mol. The van der Waals surface area contributed by atoms with Gasteiger partial charge in [0.05, 0.1) is 5.92 Å². The molecule has 0 aliphatic carbocycles. The van der Waals surface area contributed by atoms with Crippen LogP contribution in [0.2, 0.25) is 0 Å². The number of hydrogen-bond donors (Lipinski definition) is 1. The van der Waals surface area contributed by atoms with Gasteiger partial charge in [0.2, 0.25) is 6.79 Å². The van der Waals surface area contributed by atoms with E-state index < -0.39 is 55.5 Å². The molecule has 0 aromatic carbocycles. The van der Waals surface area contributed by atoms with E-state index in [1.807, 2.05) is 0 Å². The third-order valence-electron chi connectivity index (χ3n) is 3.80. The van der Waals surface area contributed by atoms with Crippen LogP contribution in [0.5, 0.6) is 0 Å². The van der Waals surface area contributed by atoms with Crippen molar-refractivity contribution in [3.8, 4) is 0 Å². The summed E-state index contributed by atoms with van der Waals surface area (Å²) in [7, 11) is 0. The summed E-state index contributed by atoms with van der Waals surface area (Å²) >= 11 is 0. The van der Waals surface area contributed by atoms with Gasteiger partial charge in [-0.3, -0.25) is 9.59 Å². The molecular formula is C17H22F6O8. The van der Waals surface area contributed by atoms with Gasteiger partial charge in [-0.05, 0) is 12.8 Å². The van der Waals surface area contributed by atoms with Gasteiger partial charge >= 0.3 is 36.2 Å². The Bertz CT molecular complexity index is 602. The number of carbonyl (C=O) groups excluding carboxylic acids is 3. The summed E-state index contributed by atoms with van der Waals surface area (Å²) in [6, 6.07) is 0. The van der Waals surface area contributed by atoms with Crippen LogP contribution >= 0.6 is 0 Å². The first-order chi connectivity index (χ1) is 14.2. The Labute approximate surface area is 172 Å². The molecule has 180 valence electrons. The Morgan fingerprint density at radius 3 is 1.71 bits per heavy atom. The van der Waals surface area contributed by atoms with Crippen LogP contribution in [0.25, 0.3) is 0 Å². The Balaban J connectivity index is 4.50. The summed E-state index contributed by atoms with van der Waals surface area (Å²) < 4.78 is 84.6. The first-order valence-electron chi connectivity index (χ1n) is 9.11. The second kappa shape index (κ2) is 13.7. The van der Waals surface area contributed by atoms with Crippen LogP contribution in [0.4, 0.5) is 26.3 Å². The molecule has 0 aromatic rings. The lowest BCUT2D eigenvalue weighted by Gasteiger charge is -2.17. The number of unbranched alkanes of at least 4 members (excludes halogenated alkanes) is 5. The quantitative estimate of drug-likeness (QED) is 0.178. The van der Waals surface area contributed by atoms with Crippen molar-refractivity contribution in [3.63, 3.8) is 0 Å². The summed E-state index contributed by atoms with van der Waals surface area (Å²) in [5, 5.41) is 8.51. The molecule has 8 nitrogen and oxygen atoms in total. The maximum atomic E-state index is 12.2. The van der Waals surface area contributed by atoms with Crippen LogP contribution in [0, 0.1) is 5.92 Å². The molecule has 14 heteroatoms. The number of hydrogen-bond acceptors (Lipinski definition) is 7. The highest BCUT2D eigenvalue weighted by Crippen LogP contribution is 2.20. The van der Waals surface area contributed by atoms with Crippen LogP contribution in [-0.4, -0.2) is 54.7 Å². The Hall–Kier alpha value is -2.54. The normalized spacial score (nSPS) is 12.7. The number of rotatable bonds is 14. The standard InChI is InChI=1S/C17H22F6O8/c18-16(19,20)14(27)29-9-11(7-5-3-1-2-4-6-8-12(24)25)13(26)30-10-31-15(28)17(21,22)23/h11H,1-10H2,(H,24,25). The summed E-state index contributed by atoms with van der Waals surface area (Å²) in [6.45, 7) is -2.44. The highest BCUT2D eigenvalue weighted by atomic mass is 19.4. The SMILES string of the molecule is O=C(O)CCCCCCCCC(COC(=O)C(F)(F)F)C(=O)OCOC(=O)C(F)(F)F. The largest absolute Gasteiger partial charge is 0.491 e. The molecule has 0 saturated heterocycles. The van der Waals surface area contributed by atoms with Crippen LogP contribution in [0.3, 0.4) is 0 Å². The van der Waals surface area contributed by atoms with E-state index in [9.17, 15) is 45.5 Å². The van der Waals surface area contributed by atoms with Gasteiger partial charge in [0.25, 0.3) is 0 Å². The van der Waals surface area contributed by atoms with Crippen LogP contribution in [-0.2, 0) is 33.4 Å². The van der Waals surface area contributed by atoms with Crippen molar-refractivity contribution in [3.05, 3.63) is 0 Å². The first kappa shape index (κ1) is 28.5. The lowest BCUT2D eigenvalue weighted by Crippen LogP contribution is -2.31. The molecule has 0 radical (unpaired) electrons. The van der Waals surface area contributed by atoms with Crippen molar-refractivity contribution < 1.29 is 64.8 Å². The Morgan fingerprint density at radius 2 is 1.19 bits per heavy atom. The first-order valence-corrected chi connectivity index (χ1v) is 9.11. The molecule has 1 atom stereocenters. The topological polar surface area (TPSA) is 116 Å². The van der Waals surface area contributed by atoms with E-state index in [2.05, 4.69) is 14.2 Å². The summed E-state index contributed by atoms with van der Waals surface area (Å²) in [5.41, 5.74) is 0. The number of halogens is 6. The van der Waals surface area contributed by atoms with Crippen molar-refractivity contribution in [2.45, 2.75) is 63.7 Å². The highest BCUT2D eigenvalue weighted by Gasteiger charge is 2.42. The summed E-state index contributed by atoms with van der Waals surface area (Å²) in [5.74, 6) is -8.81. The lowest BCUT2D eigenvalue weighted by atomic mass is 10.0. The van der Waals surface area contributed by atoms with Gasteiger partial charge in [0.15, 0.2) is 0 Å². The molecule has 0 bridgehead atoms. The molecule has 31 heavy (non-hydrogen) atoms. The van der Waals surface area contributed by atoms with E-state index in [1.165, 1.54) is 0 Å². The van der Waals surface area contributed by atoms with Crippen LogP contribution in [0.15, 0.2) is 0 Å². The number of carboxylic acids is 1. The van der Waals surface area contributed by atoms with E-state index in [0.717, 1.165) is 0 Å². The molecule has 0 heterocycles. The van der Waals surface area contributed by atoms with Gasteiger partial charge in [-0.1, -0.05) is 32.1 Å². The Kier molecular flexibility index (Phi) is 12.6. The molecule has 0 rings (SSSR count). The minimum absolute atomic E-state index is 0.0252. The van der Waals surface area contributed by atoms with Crippen LogP contribution in [0.1, 0.15) is 51.4 Å². The van der Waals surface area contributed by atoms with E-state index in [1.54, 1.807) is 0 Å². The molecule has 1 N–H and O–H groups in total. The molecule has 0 amide bonds. The van der Waals surface area contributed by atoms with E-state index in [-0.39, 0.29) is 19.3 Å². The molecule has 0 aliphatic rings. The zero-order chi connectivity index (χ0) is 24.1. The van der Waals surface area contributed by atoms with Gasteiger partial charge in [0, 0.05) is 6.42 Å². The zero-order valence-electron chi connectivity index (χ0n) is 16.2. The fourth-order valence-corrected chi connectivity index (χ4v) is 2.24. The van der Waals surface area contributed by atoms with Crippen LogP contribution < -0.4 is 0 Å². The molecule has 0 spiro atoms. The number of esters is 3.